The summed E-state index contributed by atoms with van der Waals surface area (Å²) in [5.41, 5.74) is 0.0664. The number of ether oxygens (including phenoxy) is 1. The highest BCUT2D eigenvalue weighted by atomic mass is 16.5. The first-order valence-corrected chi connectivity index (χ1v) is 7.48. The predicted octanol–water partition coefficient (Wildman–Crippen LogP) is 1.89. The lowest BCUT2D eigenvalue weighted by atomic mass is 9.64. The maximum absolute atomic E-state index is 13.1. The monoisotopic (exact) mass is 280 g/mol. The number of nitrogens with zero attached hydrogens (tertiary/aromatic N) is 2. The molecule has 20 heavy (non-hydrogen) atoms. The van der Waals surface area contributed by atoms with E-state index >= 15 is 0 Å². The summed E-state index contributed by atoms with van der Waals surface area (Å²) in [7, 11) is 0. The molecule has 1 saturated heterocycles. The fraction of sp³-hybridized carbons (Fsp3) is 0.867. The highest BCUT2D eigenvalue weighted by Crippen LogP contribution is 2.71. The number of carbonyl (C=O) groups is 1. The minimum atomic E-state index is -0.402. The van der Waals surface area contributed by atoms with Crippen molar-refractivity contribution in [3.05, 3.63) is 0 Å². The molecule has 0 spiro atoms. The predicted molar refractivity (Wildman–Crippen MR) is 74.8 cm³/mol. The fourth-order valence-corrected chi connectivity index (χ4v) is 4.58. The summed E-state index contributed by atoms with van der Waals surface area (Å²) in [6.45, 7) is 9.08. The van der Waals surface area contributed by atoms with Crippen LogP contribution in [0.3, 0.4) is 0 Å². The Morgan fingerprint density at radius 2 is 1.90 bits per heavy atom. The van der Waals surface area contributed by atoms with Gasteiger partial charge in [-0.15, -0.1) is 0 Å². The number of morpholine rings is 1. The van der Waals surface area contributed by atoms with Gasteiger partial charge in [0, 0.05) is 24.9 Å². The second kappa shape index (κ2) is 4.20. The van der Waals surface area contributed by atoms with E-state index in [1.807, 2.05) is 4.90 Å². The molecule has 3 aliphatic rings. The SMILES string of the molecule is CC12CCC(C(=O)N3CCOCC3)(C/C1=N\O)C2(C)C. The molecule has 2 saturated carbocycles. The zero-order valence-electron chi connectivity index (χ0n) is 12.6. The standard InChI is InChI=1S/C15H24N2O3/c1-13(2)14(3)4-5-15(13,10-11(14)16-19)12(18)17-6-8-20-9-7-17/h19H,4-10H2,1-3H3/b16-11+. The number of oxime groups is 1. The van der Waals surface area contributed by atoms with Gasteiger partial charge in [-0.1, -0.05) is 25.9 Å². The van der Waals surface area contributed by atoms with Crippen LogP contribution in [0.25, 0.3) is 0 Å². The number of hydrogen-bond donors (Lipinski definition) is 1. The maximum Gasteiger partial charge on any atom is 0.229 e. The molecule has 3 fully saturated rings. The molecule has 3 rings (SSSR count). The molecular formula is C15H24N2O3. The smallest absolute Gasteiger partial charge is 0.229 e. The van der Waals surface area contributed by atoms with Crippen molar-refractivity contribution in [3.8, 4) is 0 Å². The number of amides is 1. The van der Waals surface area contributed by atoms with Gasteiger partial charge in [0.2, 0.25) is 5.91 Å². The van der Waals surface area contributed by atoms with Gasteiger partial charge in [-0.05, 0) is 18.3 Å². The number of rotatable bonds is 1. The zero-order valence-corrected chi connectivity index (χ0v) is 12.6. The summed E-state index contributed by atoms with van der Waals surface area (Å²) in [5, 5.41) is 12.9. The highest BCUT2D eigenvalue weighted by Gasteiger charge is 2.72. The Balaban J connectivity index is 1.97. The molecule has 2 unspecified atom stereocenters. The van der Waals surface area contributed by atoms with Crippen molar-refractivity contribution in [2.75, 3.05) is 26.3 Å². The first-order valence-electron chi connectivity index (χ1n) is 7.48. The van der Waals surface area contributed by atoms with Crippen LogP contribution in [0, 0.1) is 16.2 Å². The van der Waals surface area contributed by atoms with Crippen LogP contribution in [0.15, 0.2) is 5.16 Å². The molecule has 0 aromatic rings. The molecule has 1 heterocycles. The van der Waals surface area contributed by atoms with Gasteiger partial charge in [0.05, 0.1) is 24.3 Å². The third-order valence-electron chi connectivity index (χ3n) is 6.56. The van der Waals surface area contributed by atoms with E-state index in [1.54, 1.807) is 0 Å². The minimum Gasteiger partial charge on any atom is -0.411 e. The molecule has 2 aliphatic carbocycles. The van der Waals surface area contributed by atoms with Gasteiger partial charge in [0.1, 0.15) is 0 Å². The van der Waals surface area contributed by atoms with Gasteiger partial charge in [0.15, 0.2) is 0 Å². The van der Waals surface area contributed by atoms with E-state index in [2.05, 4.69) is 25.9 Å². The van der Waals surface area contributed by atoms with E-state index in [0.717, 1.165) is 18.6 Å². The molecular weight excluding hydrogens is 256 g/mol. The second-order valence-corrected chi connectivity index (χ2v) is 7.17. The molecule has 1 aliphatic heterocycles. The molecule has 0 aromatic heterocycles. The van der Waals surface area contributed by atoms with Crippen LogP contribution in [0.4, 0.5) is 0 Å². The molecule has 1 amide bonds. The summed E-state index contributed by atoms with van der Waals surface area (Å²) >= 11 is 0. The van der Waals surface area contributed by atoms with Gasteiger partial charge in [0.25, 0.3) is 0 Å². The van der Waals surface area contributed by atoms with E-state index in [-0.39, 0.29) is 16.7 Å². The van der Waals surface area contributed by atoms with Crippen LogP contribution in [-0.2, 0) is 9.53 Å². The Kier molecular flexibility index (Phi) is 2.91. The largest absolute Gasteiger partial charge is 0.411 e. The van der Waals surface area contributed by atoms with Crippen molar-refractivity contribution in [2.45, 2.75) is 40.0 Å². The number of carbonyl (C=O) groups excluding carboxylic acids is 1. The maximum atomic E-state index is 13.1. The van der Waals surface area contributed by atoms with E-state index in [4.69, 9.17) is 4.74 Å². The van der Waals surface area contributed by atoms with Crippen LogP contribution in [0.5, 0.6) is 0 Å². The summed E-state index contributed by atoms with van der Waals surface area (Å²) in [4.78, 5) is 15.1. The molecule has 1 N–H and O–H groups in total. The fourth-order valence-electron chi connectivity index (χ4n) is 4.58. The summed E-state index contributed by atoms with van der Waals surface area (Å²) < 4.78 is 5.35. The lowest BCUT2D eigenvalue weighted by Crippen LogP contribution is -2.51. The average molecular weight is 280 g/mol. The first-order chi connectivity index (χ1) is 9.39. The molecule has 2 atom stereocenters. The van der Waals surface area contributed by atoms with Crippen molar-refractivity contribution in [1.29, 1.82) is 0 Å². The molecule has 5 heteroatoms. The molecule has 0 aromatic carbocycles. The van der Waals surface area contributed by atoms with Crippen LogP contribution >= 0.6 is 0 Å². The van der Waals surface area contributed by atoms with Crippen LogP contribution in [0.2, 0.25) is 0 Å². The van der Waals surface area contributed by atoms with Crippen molar-refractivity contribution in [1.82, 2.24) is 4.90 Å². The quantitative estimate of drug-likeness (QED) is 0.589. The third-order valence-corrected chi connectivity index (χ3v) is 6.56. The highest BCUT2D eigenvalue weighted by molar-refractivity contribution is 6.02. The van der Waals surface area contributed by atoms with E-state index in [9.17, 15) is 10.0 Å². The van der Waals surface area contributed by atoms with Crippen molar-refractivity contribution >= 4 is 11.6 Å². The lowest BCUT2D eigenvalue weighted by Gasteiger charge is -2.42. The van der Waals surface area contributed by atoms with Crippen LogP contribution in [-0.4, -0.2) is 48.0 Å². The third kappa shape index (κ3) is 1.42. The normalized spacial score (nSPS) is 41.4. The second-order valence-electron chi connectivity index (χ2n) is 7.17. The van der Waals surface area contributed by atoms with E-state index < -0.39 is 5.41 Å². The molecule has 0 radical (unpaired) electrons. The van der Waals surface area contributed by atoms with Crippen molar-refractivity contribution < 1.29 is 14.7 Å². The van der Waals surface area contributed by atoms with Gasteiger partial charge in [-0.2, -0.15) is 0 Å². The Morgan fingerprint density at radius 1 is 1.25 bits per heavy atom. The minimum absolute atomic E-state index is 0.163. The molecule has 5 nitrogen and oxygen atoms in total. The topological polar surface area (TPSA) is 62.1 Å². The Bertz CT molecular complexity index is 468. The lowest BCUT2D eigenvalue weighted by molar-refractivity contribution is -0.151. The Hall–Kier alpha value is -1.10. The zero-order chi connectivity index (χ0) is 14.6. The summed E-state index contributed by atoms with van der Waals surface area (Å²) in [6.07, 6.45) is 2.42. The van der Waals surface area contributed by atoms with Gasteiger partial charge in [-0.3, -0.25) is 4.79 Å². The van der Waals surface area contributed by atoms with Gasteiger partial charge >= 0.3 is 0 Å². The molecule has 112 valence electrons. The summed E-state index contributed by atoms with van der Waals surface area (Å²) in [5.74, 6) is 0.230. The average Bonchev–Trinajstić information content (AvgIpc) is 2.77. The van der Waals surface area contributed by atoms with Gasteiger partial charge < -0.3 is 14.8 Å². The van der Waals surface area contributed by atoms with E-state index in [0.29, 0.717) is 32.7 Å². The molecule has 2 bridgehead atoms. The van der Waals surface area contributed by atoms with Crippen LogP contribution in [0.1, 0.15) is 40.0 Å². The van der Waals surface area contributed by atoms with Gasteiger partial charge in [-0.25, -0.2) is 0 Å². The number of hydrogen-bond acceptors (Lipinski definition) is 4. The number of fused-ring (bicyclic) bond motifs is 2. The first kappa shape index (κ1) is 13.9. The Morgan fingerprint density at radius 3 is 2.45 bits per heavy atom. The van der Waals surface area contributed by atoms with E-state index in [1.165, 1.54) is 0 Å². The Labute approximate surface area is 120 Å². The van der Waals surface area contributed by atoms with Crippen molar-refractivity contribution in [2.24, 2.45) is 21.4 Å². The van der Waals surface area contributed by atoms with Crippen molar-refractivity contribution in [3.63, 3.8) is 0 Å². The summed E-state index contributed by atoms with van der Waals surface area (Å²) in [6, 6.07) is 0. The van der Waals surface area contributed by atoms with Crippen LogP contribution < -0.4 is 0 Å².